The number of hydrogen-bond donors (Lipinski definition) is 2. The molecule has 2 aromatic carbocycles. The number of nitrogens with zero attached hydrogens (tertiary/aromatic N) is 2. The van der Waals surface area contributed by atoms with Crippen LogP contribution in [0.5, 0.6) is 5.75 Å². The first-order valence-corrected chi connectivity index (χ1v) is 13.2. The van der Waals surface area contributed by atoms with Gasteiger partial charge in [-0.3, -0.25) is 19.0 Å². The Labute approximate surface area is 219 Å². The number of nitrogens with one attached hydrogen (secondary N) is 1. The summed E-state index contributed by atoms with van der Waals surface area (Å²) in [4.78, 5) is 42.6. The molecular weight excluding hydrogens is 490 g/mol. The highest BCUT2D eigenvalue weighted by molar-refractivity contribution is 7.22. The maximum Gasteiger partial charge on any atom is 0.265 e. The number of hydrogen-bond acceptors (Lipinski definition) is 7. The molecule has 0 fully saturated rings. The highest BCUT2D eigenvalue weighted by atomic mass is 32.1. The minimum atomic E-state index is -0.413. The molecule has 0 bridgehead atoms. The lowest BCUT2D eigenvalue weighted by atomic mass is 10.1. The largest absolute Gasteiger partial charge is 0.489 e. The summed E-state index contributed by atoms with van der Waals surface area (Å²) in [5, 5.41) is 13.3. The zero-order valence-electron chi connectivity index (χ0n) is 21.0. The molecule has 194 valence electrons. The van der Waals surface area contributed by atoms with E-state index in [0.717, 1.165) is 18.5 Å². The summed E-state index contributed by atoms with van der Waals surface area (Å²) >= 11 is 1.19. The van der Waals surface area contributed by atoms with Gasteiger partial charge in [0.15, 0.2) is 11.5 Å². The fraction of sp³-hybridized carbons (Fsp3) is 0.321. The first-order chi connectivity index (χ1) is 18.0. The number of Topliss-reactive ketones (excluding diaryl/α,β-unsaturated/α-hetero) is 1. The topological polar surface area (TPSA) is 101 Å². The van der Waals surface area contributed by atoms with Crippen molar-refractivity contribution in [3.8, 4) is 5.75 Å². The summed E-state index contributed by atoms with van der Waals surface area (Å²) < 4.78 is 7.85. The zero-order chi connectivity index (χ0) is 26.4. The van der Waals surface area contributed by atoms with Gasteiger partial charge in [0.25, 0.3) is 11.5 Å². The molecule has 0 aliphatic heterocycles. The molecule has 0 unspecified atom stereocenters. The number of carbonyl (C=O) groups excluding carboxylic acids is 2. The highest BCUT2D eigenvalue weighted by Gasteiger charge is 2.26. The van der Waals surface area contributed by atoms with Crippen molar-refractivity contribution in [2.24, 2.45) is 0 Å². The number of amides is 1. The van der Waals surface area contributed by atoms with E-state index < -0.39 is 5.56 Å². The second-order valence-corrected chi connectivity index (χ2v) is 9.54. The lowest BCUT2D eigenvalue weighted by molar-refractivity contribution is 0.0945. The zero-order valence-corrected chi connectivity index (χ0v) is 21.8. The van der Waals surface area contributed by atoms with Crippen molar-refractivity contribution >= 4 is 44.0 Å². The van der Waals surface area contributed by atoms with Crippen molar-refractivity contribution in [1.29, 1.82) is 0 Å². The predicted octanol–water partition coefficient (Wildman–Crippen LogP) is 3.54. The molecule has 9 heteroatoms. The number of aromatic nitrogens is 1. The monoisotopic (exact) mass is 521 g/mol. The number of rotatable bonds is 12. The number of likely N-dealkylation sites (N-methyl/N-ethyl adjacent to an activating group) is 1. The van der Waals surface area contributed by atoms with Gasteiger partial charge >= 0.3 is 0 Å². The van der Waals surface area contributed by atoms with E-state index in [1.54, 1.807) is 30.3 Å². The average Bonchev–Trinajstić information content (AvgIpc) is 3.32. The van der Waals surface area contributed by atoms with Crippen LogP contribution in [0.4, 0.5) is 0 Å². The Bertz CT molecular complexity index is 1460. The Hall–Kier alpha value is -3.53. The molecule has 2 heterocycles. The Morgan fingerprint density at radius 2 is 1.76 bits per heavy atom. The standard InChI is InChI=1S/C28H31N3O5S/c1-3-30(4-2)15-14-29-27(34)26-24(36-17-16-32)23-25(37-26)20-12-8-9-13-21(20)31(28(23)35)18-22(33)19-10-6-5-7-11-19/h5-13,32H,3-4,14-18H2,1-2H3,(H,29,34). The van der Waals surface area contributed by atoms with Gasteiger partial charge in [0.05, 0.1) is 23.4 Å². The van der Waals surface area contributed by atoms with Gasteiger partial charge in [-0.25, -0.2) is 0 Å². The number of benzene rings is 2. The summed E-state index contributed by atoms with van der Waals surface area (Å²) in [6, 6.07) is 16.2. The van der Waals surface area contributed by atoms with Gasteiger partial charge in [0.2, 0.25) is 0 Å². The minimum absolute atomic E-state index is 0.0687. The third-order valence-corrected chi connectivity index (χ3v) is 7.52. The van der Waals surface area contributed by atoms with Gasteiger partial charge in [-0.05, 0) is 19.2 Å². The van der Waals surface area contributed by atoms with Crippen molar-refractivity contribution in [3.63, 3.8) is 0 Å². The first-order valence-electron chi connectivity index (χ1n) is 12.4. The normalized spacial score (nSPS) is 11.4. The van der Waals surface area contributed by atoms with Crippen molar-refractivity contribution in [3.05, 3.63) is 75.4 Å². The number of carbonyl (C=O) groups is 2. The van der Waals surface area contributed by atoms with Crippen LogP contribution in [0.15, 0.2) is 59.4 Å². The number of pyridine rings is 1. The molecule has 0 saturated carbocycles. The third kappa shape index (κ3) is 5.58. The number of fused-ring (bicyclic) bond motifs is 3. The maximum absolute atomic E-state index is 13.8. The number of ketones is 1. The summed E-state index contributed by atoms with van der Waals surface area (Å²) in [5.41, 5.74) is 0.700. The molecule has 2 N–H and O–H groups in total. The molecule has 0 saturated heterocycles. The number of aliphatic hydroxyl groups excluding tert-OH is 1. The quantitative estimate of drug-likeness (QED) is 0.277. The van der Waals surface area contributed by atoms with Gasteiger partial charge in [-0.1, -0.05) is 62.4 Å². The van der Waals surface area contributed by atoms with Crippen LogP contribution < -0.4 is 15.6 Å². The summed E-state index contributed by atoms with van der Waals surface area (Å²) in [7, 11) is 0. The lowest BCUT2D eigenvalue weighted by Gasteiger charge is -2.17. The van der Waals surface area contributed by atoms with Crippen LogP contribution in [0.2, 0.25) is 0 Å². The molecule has 0 spiro atoms. The lowest BCUT2D eigenvalue weighted by Crippen LogP contribution is -2.34. The van der Waals surface area contributed by atoms with Crippen molar-refractivity contribution in [1.82, 2.24) is 14.8 Å². The Kier molecular flexibility index (Phi) is 8.70. The van der Waals surface area contributed by atoms with Crippen LogP contribution in [-0.2, 0) is 6.54 Å². The van der Waals surface area contributed by atoms with E-state index in [9.17, 15) is 19.5 Å². The number of aliphatic hydroxyl groups is 1. The van der Waals surface area contributed by atoms with E-state index >= 15 is 0 Å². The third-order valence-electron chi connectivity index (χ3n) is 6.31. The van der Waals surface area contributed by atoms with Crippen LogP contribution in [0, 0.1) is 0 Å². The van der Waals surface area contributed by atoms with E-state index in [-0.39, 0.29) is 47.5 Å². The van der Waals surface area contributed by atoms with E-state index in [1.165, 1.54) is 15.9 Å². The fourth-order valence-electron chi connectivity index (χ4n) is 4.34. The second kappa shape index (κ2) is 12.1. The maximum atomic E-state index is 13.8. The molecule has 0 aliphatic rings. The van der Waals surface area contributed by atoms with Crippen LogP contribution in [-0.4, -0.2) is 65.7 Å². The van der Waals surface area contributed by atoms with Gasteiger partial charge in [-0.2, -0.15) is 0 Å². The molecule has 37 heavy (non-hydrogen) atoms. The Morgan fingerprint density at radius 3 is 2.46 bits per heavy atom. The molecule has 0 atom stereocenters. The number of thiophene rings is 1. The van der Waals surface area contributed by atoms with E-state index in [0.29, 0.717) is 28.9 Å². The average molecular weight is 522 g/mol. The smallest absolute Gasteiger partial charge is 0.265 e. The van der Waals surface area contributed by atoms with E-state index in [1.807, 2.05) is 24.3 Å². The number of ether oxygens (including phenoxy) is 1. The summed E-state index contributed by atoms with van der Waals surface area (Å²) in [6.45, 7) is 6.56. The van der Waals surface area contributed by atoms with Crippen LogP contribution in [0.1, 0.15) is 33.9 Å². The Balaban J connectivity index is 1.82. The van der Waals surface area contributed by atoms with Gasteiger partial charge in [0, 0.05) is 24.0 Å². The minimum Gasteiger partial charge on any atom is -0.489 e. The molecule has 4 aromatic rings. The molecular formula is C28H31N3O5S. The fourth-order valence-corrected chi connectivity index (χ4v) is 5.53. The van der Waals surface area contributed by atoms with E-state index in [4.69, 9.17) is 4.74 Å². The summed E-state index contributed by atoms with van der Waals surface area (Å²) in [5.74, 6) is -0.391. The molecule has 4 rings (SSSR count). The SMILES string of the molecule is CCN(CC)CCNC(=O)c1sc2c(c1OCCO)c(=O)n(CC(=O)c1ccccc1)c1ccccc21. The molecule has 1 amide bonds. The van der Waals surface area contributed by atoms with Crippen molar-refractivity contribution in [2.75, 3.05) is 39.4 Å². The van der Waals surface area contributed by atoms with Crippen LogP contribution >= 0.6 is 11.3 Å². The Morgan fingerprint density at radius 1 is 1.05 bits per heavy atom. The van der Waals surface area contributed by atoms with Gasteiger partial charge in [-0.15, -0.1) is 11.3 Å². The summed E-state index contributed by atoms with van der Waals surface area (Å²) in [6.07, 6.45) is 0. The van der Waals surface area contributed by atoms with E-state index in [2.05, 4.69) is 24.1 Å². The van der Waals surface area contributed by atoms with Crippen LogP contribution in [0.25, 0.3) is 21.0 Å². The van der Waals surface area contributed by atoms with Crippen molar-refractivity contribution in [2.45, 2.75) is 20.4 Å². The molecule has 8 nitrogen and oxygen atoms in total. The second-order valence-electron chi connectivity index (χ2n) is 8.52. The first kappa shape index (κ1) is 26.5. The van der Waals surface area contributed by atoms with Gasteiger partial charge < -0.3 is 20.1 Å². The predicted molar refractivity (Wildman–Crippen MR) is 147 cm³/mol. The van der Waals surface area contributed by atoms with Gasteiger partial charge in [0.1, 0.15) is 16.9 Å². The molecule has 0 aliphatic carbocycles. The molecule has 0 radical (unpaired) electrons. The highest BCUT2D eigenvalue weighted by Crippen LogP contribution is 2.39. The molecule has 2 aromatic heterocycles. The number of para-hydroxylation sites is 1. The van der Waals surface area contributed by atoms with Crippen molar-refractivity contribution < 1.29 is 19.4 Å². The van der Waals surface area contributed by atoms with Crippen LogP contribution in [0.3, 0.4) is 0 Å².